The average Bonchev–Trinajstić information content (AvgIpc) is 3.90. The summed E-state index contributed by atoms with van der Waals surface area (Å²) in [5.74, 6) is -2.36. The van der Waals surface area contributed by atoms with E-state index in [0.717, 1.165) is 28.7 Å². The number of urea groups is 1. The lowest BCUT2D eigenvalue weighted by molar-refractivity contribution is -0.139. The van der Waals surface area contributed by atoms with Gasteiger partial charge in [0.2, 0.25) is 11.8 Å². The van der Waals surface area contributed by atoms with Gasteiger partial charge in [0.1, 0.15) is 36.3 Å². The molecule has 18 heteroatoms. The van der Waals surface area contributed by atoms with Gasteiger partial charge in [0.05, 0.1) is 37.1 Å². The number of benzene rings is 2. The molecular weight excluding hydrogens is 763 g/mol. The molecule has 3 aliphatic heterocycles. The van der Waals surface area contributed by atoms with Gasteiger partial charge in [0.25, 0.3) is 0 Å². The van der Waals surface area contributed by atoms with Crippen LogP contribution >= 0.6 is 0 Å². The number of carbonyl (C=O) groups excluding carboxylic acids is 4. The van der Waals surface area contributed by atoms with Crippen LogP contribution in [0.2, 0.25) is 0 Å². The van der Waals surface area contributed by atoms with E-state index in [9.17, 15) is 28.7 Å². The average molecular weight is 814 g/mol. The number of imidazole rings is 1. The minimum absolute atomic E-state index is 0.0739. The maximum absolute atomic E-state index is 15.3. The van der Waals surface area contributed by atoms with Crippen LogP contribution in [0.25, 0.3) is 11.3 Å². The molecule has 3 aliphatic rings. The number of alkyl halides is 1. The first kappa shape index (κ1) is 42.6. The summed E-state index contributed by atoms with van der Waals surface area (Å²) in [6, 6.07) is 9.64. The number of aliphatic hydroxyl groups is 1. The fraction of sp³-hybridized carbons (Fsp3) is 0.525. The summed E-state index contributed by atoms with van der Waals surface area (Å²) < 4.78 is 63.1. The Morgan fingerprint density at radius 2 is 1.83 bits per heavy atom. The summed E-state index contributed by atoms with van der Waals surface area (Å²) >= 11 is 0. The van der Waals surface area contributed by atoms with E-state index in [1.807, 2.05) is 30.3 Å². The van der Waals surface area contributed by atoms with Gasteiger partial charge < -0.3 is 44.7 Å². The molecule has 4 atom stereocenters. The number of nitrogens with one attached hydrogen (secondary N) is 3. The number of nitrogens with zero attached hydrogens (tertiary/aromatic N) is 4. The van der Waals surface area contributed by atoms with Crippen molar-refractivity contribution in [1.29, 1.82) is 0 Å². The normalized spacial score (nSPS) is 20.2. The van der Waals surface area contributed by atoms with Crippen LogP contribution in [0, 0.1) is 17.6 Å². The van der Waals surface area contributed by atoms with Gasteiger partial charge in [-0.3, -0.25) is 14.5 Å². The Morgan fingerprint density at radius 3 is 2.53 bits per heavy atom. The maximum atomic E-state index is 15.3. The zero-order chi connectivity index (χ0) is 41.2. The van der Waals surface area contributed by atoms with Crippen molar-refractivity contribution in [1.82, 2.24) is 35.3 Å². The van der Waals surface area contributed by atoms with Gasteiger partial charge in [-0.05, 0) is 30.7 Å². The van der Waals surface area contributed by atoms with E-state index in [0.29, 0.717) is 0 Å². The quantitative estimate of drug-likeness (QED) is 0.117. The standard InChI is InChI=1S/C40H50F3N7O8/c1-26(25-58-39(54)45-13-17-57-18-14-49-34(51)9-10-35(49)52)46-38(53)50(23-28-20-44-21-32(28)43)36(40(55)11-15-56-16-12-40)37-47-33(30-19-29(41)7-8-31(30)42)24-48(37)22-27-5-3-2-4-6-27/h2-8,19,24,26,28,32,36,44,55H,9-18,20-23,25H2,1H3,(H,45,54)(H,46,53)/t26-,28-,32-,36-/m0/s1. The Labute approximate surface area is 334 Å². The minimum atomic E-state index is -1.65. The number of halogens is 3. The number of rotatable bonds is 17. The number of ether oxygens (including phenoxy) is 3. The van der Waals surface area contributed by atoms with E-state index in [-0.39, 0.29) is 127 Å². The molecule has 15 nitrogen and oxygen atoms in total. The highest BCUT2D eigenvalue weighted by Gasteiger charge is 2.48. The van der Waals surface area contributed by atoms with Gasteiger partial charge in [0.15, 0.2) is 0 Å². The lowest BCUT2D eigenvalue weighted by Gasteiger charge is -2.45. The Morgan fingerprint density at radius 1 is 1.09 bits per heavy atom. The number of carbonyl (C=O) groups is 4. The fourth-order valence-electron chi connectivity index (χ4n) is 7.43. The minimum Gasteiger partial charge on any atom is -0.447 e. The van der Waals surface area contributed by atoms with E-state index >= 15 is 8.78 Å². The SMILES string of the molecule is C[C@@H](COC(=O)NCCOCCN1C(=O)CCC1=O)NC(=O)N(C[C@@H]1CNC[C@@H]1F)[C@@H](c1nc(-c2cc(F)ccc2F)cn1Cc1ccccc1)C1(O)CCOCC1. The van der Waals surface area contributed by atoms with Crippen molar-refractivity contribution < 1.29 is 51.7 Å². The van der Waals surface area contributed by atoms with Crippen molar-refractivity contribution >= 4 is 23.9 Å². The molecule has 4 heterocycles. The molecule has 0 radical (unpaired) electrons. The third-order valence-electron chi connectivity index (χ3n) is 10.5. The second kappa shape index (κ2) is 19.6. The van der Waals surface area contributed by atoms with Gasteiger partial charge in [0, 0.05) is 89.3 Å². The highest BCUT2D eigenvalue weighted by atomic mass is 19.1. The number of hydrogen-bond donors (Lipinski definition) is 4. The fourth-order valence-corrected chi connectivity index (χ4v) is 7.43. The maximum Gasteiger partial charge on any atom is 0.407 e. The number of amides is 5. The van der Waals surface area contributed by atoms with Crippen molar-refractivity contribution in [3.63, 3.8) is 0 Å². The van der Waals surface area contributed by atoms with Gasteiger partial charge in [-0.1, -0.05) is 30.3 Å². The number of likely N-dealkylation sites (tertiary alicyclic amines) is 1. The first-order chi connectivity index (χ1) is 27.9. The largest absolute Gasteiger partial charge is 0.447 e. The predicted molar refractivity (Wildman–Crippen MR) is 203 cm³/mol. The first-order valence-corrected chi connectivity index (χ1v) is 19.5. The van der Waals surface area contributed by atoms with Gasteiger partial charge in [-0.2, -0.15) is 0 Å². The molecule has 3 aromatic rings. The summed E-state index contributed by atoms with van der Waals surface area (Å²) in [4.78, 5) is 57.8. The zero-order valence-electron chi connectivity index (χ0n) is 32.3. The molecule has 1 aromatic heterocycles. The van der Waals surface area contributed by atoms with Crippen LogP contribution in [0.4, 0.5) is 22.8 Å². The topological polar surface area (TPSA) is 177 Å². The van der Waals surface area contributed by atoms with Crippen molar-refractivity contribution in [3.8, 4) is 11.3 Å². The highest BCUT2D eigenvalue weighted by molar-refractivity contribution is 6.01. The van der Waals surface area contributed by atoms with Gasteiger partial charge in [-0.15, -0.1) is 0 Å². The highest BCUT2D eigenvalue weighted by Crippen LogP contribution is 2.41. The van der Waals surface area contributed by atoms with Crippen molar-refractivity contribution in [2.75, 3.05) is 65.8 Å². The van der Waals surface area contributed by atoms with E-state index in [1.54, 1.807) is 17.7 Å². The molecule has 0 unspecified atom stereocenters. The molecule has 314 valence electrons. The third-order valence-corrected chi connectivity index (χ3v) is 10.5. The predicted octanol–water partition coefficient (Wildman–Crippen LogP) is 3.31. The van der Waals surface area contributed by atoms with Crippen LogP contribution in [0.15, 0.2) is 54.7 Å². The number of aromatic nitrogens is 2. The van der Waals surface area contributed by atoms with E-state index in [4.69, 9.17) is 19.2 Å². The summed E-state index contributed by atoms with van der Waals surface area (Å²) in [6.07, 6.45) is 0.0248. The van der Waals surface area contributed by atoms with E-state index in [1.165, 1.54) is 4.90 Å². The van der Waals surface area contributed by atoms with Crippen molar-refractivity contribution in [2.45, 2.75) is 63.0 Å². The second-order valence-corrected chi connectivity index (χ2v) is 14.9. The van der Waals surface area contributed by atoms with E-state index < -0.39 is 53.5 Å². The molecule has 0 aliphatic carbocycles. The zero-order valence-corrected chi connectivity index (χ0v) is 32.3. The summed E-state index contributed by atoms with van der Waals surface area (Å²) in [7, 11) is 0. The summed E-state index contributed by atoms with van der Waals surface area (Å²) in [6.45, 7) is 2.49. The molecule has 2 aromatic carbocycles. The van der Waals surface area contributed by atoms with Crippen LogP contribution in [0.5, 0.6) is 0 Å². The van der Waals surface area contributed by atoms with Crippen LogP contribution in [-0.2, 0) is 30.3 Å². The number of hydrogen-bond acceptors (Lipinski definition) is 10. The molecule has 4 N–H and O–H groups in total. The van der Waals surface area contributed by atoms with Crippen LogP contribution < -0.4 is 16.0 Å². The molecule has 0 bridgehead atoms. The van der Waals surface area contributed by atoms with Crippen molar-refractivity contribution in [3.05, 3.63) is 77.8 Å². The Kier molecular flexibility index (Phi) is 14.4. The Bertz CT molecular complexity index is 1880. The molecular formula is C40H50F3N7O8. The smallest absolute Gasteiger partial charge is 0.407 e. The second-order valence-electron chi connectivity index (χ2n) is 14.9. The first-order valence-electron chi connectivity index (χ1n) is 19.5. The Hall–Kier alpha value is -5.04. The molecule has 3 fully saturated rings. The van der Waals surface area contributed by atoms with Crippen LogP contribution in [0.1, 0.15) is 50.0 Å². The molecule has 0 saturated carbocycles. The van der Waals surface area contributed by atoms with Gasteiger partial charge >= 0.3 is 12.1 Å². The third kappa shape index (κ3) is 10.7. The molecule has 3 saturated heterocycles. The summed E-state index contributed by atoms with van der Waals surface area (Å²) in [5, 5.41) is 20.9. The van der Waals surface area contributed by atoms with Crippen LogP contribution in [-0.4, -0.2) is 132 Å². The monoisotopic (exact) mass is 813 g/mol. The number of alkyl carbamates (subject to hydrolysis) is 1. The van der Waals surface area contributed by atoms with Gasteiger partial charge in [-0.25, -0.2) is 27.7 Å². The molecule has 6 rings (SSSR count). The van der Waals surface area contributed by atoms with Crippen molar-refractivity contribution in [2.24, 2.45) is 5.92 Å². The summed E-state index contributed by atoms with van der Waals surface area (Å²) in [5.41, 5.74) is -0.858. The van der Waals surface area contributed by atoms with E-state index in [2.05, 4.69) is 16.0 Å². The molecule has 0 spiro atoms. The Balaban J connectivity index is 1.21. The molecule has 5 amide bonds. The lowest BCUT2D eigenvalue weighted by Crippen LogP contribution is -2.57. The van der Waals surface area contributed by atoms with Crippen LogP contribution in [0.3, 0.4) is 0 Å². The number of imide groups is 1. The molecule has 58 heavy (non-hydrogen) atoms. The lowest BCUT2D eigenvalue weighted by atomic mass is 9.84.